The third-order valence-corrected chi connectivity index (χ3v) is 6.38. The van der Waals surface area contributed by atoms with E-state index >= 15 is 0 Å². The summed E-state index contributed by atoms with van der Waals surface area (Å²) in [6, 6.07) is 8.72. The maximum absolute atomic E-state index is 12.4. The smallest absolute Gasteiger partial charge is 0.313 e. The average Bonchev–Trinajstić information content (AvgIpc) is 3.48. The van der Waals surface area contributed by atoms with Gasteiger partial charge in [-0.25, -0.2) is 0 Å². The van der Waals surface area contributed by atoms with E-state index in [-0.39, 0.29) is 28.9 Å². The van der Waals surface area contributed by atoms with E-state index < -0.39 is 24.5 Å². The summed E-state index contributed by atoms with van der Waals surface area (Å²) in [5.74, 6) is -0.930. The van der Waals surface area contributed by atoms with Gasteiger partial charge in [-0.2, -0.15) is 0 Å². The monoisotopic (exact) mass is 427 g/mol. The van der Waals surface area contributed by atoms with Gasteiger partial charge in [-0.1, -0.05) is 32.0 Å². The van der Waals surface area contributed by atoms with Crippen LogP contribution in [0.1, 0.15) is 53.1 Å². The van der Waals surface area contributed by atoms with Gasteiger partial charge in [0.15, 0.2) is 17.3 Å². The molecule has 0 saturated heterocycles. The summed E-state index contributed by atoms with van der Waals surface area (Å²) in [6.07, 6.45) is 1.16. The number of benzene rings is 2. The molecular formula is C25H28O6. The summed E-state index contributed by atoms with van der Waals surface area (Å²) in [5, 5.41) is 9.94. The lowest BCUT2D eigenvalue weighted by atomic mass is 9.89. The molecule has 0 heterocycles. The molecule has 2 aromatic rings. The lowest BCUT2D eigenvalue weighted by Gasteiger charge is -2.30. The third kappa shape index (κ3) is 3.44. The number of hydrogen-bond acceptors (Lipinski definition) is 5. The van der Waals surface area contributed by atoms with Gasteiger partial charge < -0.3 is 19.3 Å². The number of aliphatic carboxylic acids is 1. The highest BCUT2D eigenvalue weighted by molar-refractivity contribution is 6.02. The fourth-order valence-corrected chi connectivity index (χ4v) is 4.64. The maximum atomic E-state index is 12.4. The third-order valence-electron chi connectivity index (χ3n) is 6.38. The van der Waals surface area contributed by atoms with E-state index in [2.05, 4.69) is 0 Å². The number of carboxylic acid groups (broad SMARTS) is 1. The first-order valence-corrected chi connectivity index (χ1v) is 10.4. The van der Waals surface area contributed by atoms with E-state index in [1.165, 1.54) is 7.11 Å². The van der Waals surface area contributed by atoms with Gasteiger partial charge in [-0.15, -0.1) is 0 Å². The standard InChI is InChI=1S/C25H28O6/c1-14(2)23(25(12-13-25)24(27)28)31-21-18(9-11-20(29-3)22(21)30-4)15-6-5-7-17-16(15)8-10-19(17)26/h5-7,9,11,14,23H,8,10,12-13H2,1-4H3,(H,27,28)/i4D3. The van der Waals surface area contributed by atoms with Crippen molar-refractivity contribution in [3.8, 4) is 28.4 Å². The largest absolute Gasteiger partial charge is 0.493 e. The zero-order valence-electron chi connectivity index (χ0n) is 20.9. The minimum absolute atomic E-state index is 0.0506. The van der Waals surface area contributed by atoms with E-state index in [9.17, 15) is 14.7 Å². The molecule has 31 heavy (non-hydrogen) atoms. The Balaban J connectivity index is 1.94. The summed E-state index contributed by atoms with van der Waals surface area (Å²) in [4.78, 5) is 24.5. The van der Waals surface area contributed by atoms with Crippen LogP contribution < -0.4 is 14.2 Å². The van der Waals surface area contributed by atoms with Crippen molar-refractivity contribution in [3.63, 3.8) is 0 Å². The summed E-state index contributed by atoms with van der Waals surface area (Å²) < 4.78 is 40.3. The zero-order valence-corrected chi connectivity index (χ0v) is 17.9. The van der Waals surface area contributed by atoms with Crippen molar-refractivity contribution in [1.29, 1.82) is 0 Å². The number of methoxy groups -OCH3 is 2. The number of fused-ring (bicyclic) bond motifs is 1. The predicted octanol–water partition coefficient (Wildman–Crippen LogP) is 4.77. The SMILES string of the molecule is [2H]C([2H])([2H])Oc1c(OC)ccc(-c2cccc3c2CCC3=O)c1OC(C(C)C)C1(C(=O)O)CC1. The minimum atomic E-state index is -2.80. The van der Waals surface area contributed by atoms with Crippen molar-refractivity contribution in [2.45, 2.75) is 45.6 Å². The van der Waals surface area contributed by atoms with Crippen LogP contribution in [-0.4, -0.2) is 37.1 Å². The molecule has 0 bridgehead atoms. The predicted molar refractivity (Wildman–Crippen MR) is 116 cm³/mol. The maximum Gasteiger partial charge on any atom is 0.313 e. The van der Waals surface area contributed by atoms with Crippen molar-refractivity contribution in [1.82, 2.24) is 0 Å². The zero-order chi connectivity index (χ0) is 24.8. The van der Waals surface area contributed by atoms with Crippen molar-refractivity contribution in [2.75, 3.05) is 14.1 Å². The number of ketones is 1. The van der Waals surface area contributed by atoms with E-state index in [0.29, 0.717) is 36.8 Å². The molecule has 0 aliphatic heterocycles. The van der Waals surface area contributed by atoms with Gasteiger partial charge in [-0.05, 0) is 48.4 Å². The van der Waals surface area contributed by atoms with Crippen LogP contribution in [-0.2, 0) is 11.2 Å². The number of carboxylic acids is 1. The van der Waals surface area contributed by atoms with Crippen LogP contribution in [0.4, 0.5) is 0 Å². The number of hydrogen-bond donors (Lipinski definition) is 1. The molecule has 0 amide bonds. The molecule has 0 aromatic heterocycles. The van der Waals surface area contributed by atoms with E-state index in [1.54, 1.807) is 24.3 Å². The fourth-order valence-electron chi connectivity index (χ4n) is 4.64. The molecule has 1 unspecified atom stereocenters. The number of rotatable bonds is 8. The molecule has 1 fully saturated rings. The van der Waals surface area contributed by atoms with Crippen molar-refractivity contribution in [2.24, 2.45) is 11.3 Å². The molecule has 2 aromatic carbocycles. The van der Waals surface area contributed by atoms with Gasteiger partial charge in [0.1, 0.15) is 11.5 Å². The van der Waals surface area contributed by atoms with Crippen molar-refractivity contribution >= 4 is 11.8 Å². The Bertz CT molecular complexity index is 1130. The molecule has 1 atom stereocenters. The molecule has 0 radical (unpaired) electrons. The van der Waals surface area contributed by atoms with E-state index in [4.69, 9.17) is 18.3 Å². The normalized spacial score (nSPS) is 19.1. The lowest BCUT2D eigenvalue weighted by molar-refractivity contribution is -0.148. The highest BCUT2D eigenvalue weighted by Crippen LogP contribution is 2.55. The van der Waals surface area contributed by atoms with Crippen molar-refractivity contribution < 1.29 is 33.0 Å². The second-order valence-corrected chi connectivity index (χ2v) is 8.57. The van der Waals surface area contributed by atoms with Gasteiger partial charge >= 0.3 is 5.97 Å². The second-order valence-electron chi connectivity index (χ2n) is 8.57. The Labute approximate surface area is 186 Å². The van der Waals surface area contributed by atoms with Crippen LogP contribution in [0.5, 0.6) is 17.2 Å². The Hall–Kier alpha value is -3.02. The van der Waals surface area contributed by atoms with Gasteiger partial charge in [-0.3, -0.25) is 9.59 Å². The Kier molecular flexibility index (Phi) is 4.50. The molecule has 2 aliphatic rings. The molecule has 0 spiro atoms. The molecule has 1 N–H and O–H groups in total. The quantitative estimate of drug-likeness (QED) is 0.654. The summed E-state index contributed by atoms with van der Waals surface area (Å²) >= 11 is 0. The first kappa shape index (κ1) is 17.6. The minimum Gasteiger partial charge on any atom is -0.493 e. The number of carbonyl (C=O) groups is 2. The molecule has 6 heteroatoms. The number of carbonyl (C=O) groups excluding carboxylic acids is 1. The first-order valence-electron chi connectivity index (χ1n) is 11.9. The van der Waals surface area contributed by atoms with Gasteiger partial charge in [0.2, 0.25) is 5.75 Å². The Morgan fingerprint density at radius 3 is 2.42 bits per heavy atom. The molecule has 1 saturated carbocycles. The molecule has 6 nitrogen and oxygen atoms in total. The fraction of sp³-hybridized carbons (Fsp3) is 0.440. The van der Waals surface area contributed by atoms with Crippen molar-refractivity contribution in [3.05, 3.63) is 41.5 Å². The number of Topliss-reactive ketones (excluding diaryl/α,β-unsaturated/α-hetero) is 1. The summed E-state index contributed by atoms with van der Waals surface area (Å²) in [5.41, 5.74) is 1.67. The molecule has 2 aliphatic carbocycles. The lowest BCUT2D eigenvalue weighted by Crippen LogP contribution is -2.39. The highest BCUT2D eigenvalue weighted by Gasteiger charge is 2.59. The van der Waals surface area contributed by atoms with Gasteiger partial charge in [0.25, 0.3) is 0 Å². The summed E-state index contributed by atoms with van der Waals surface area (Å²) in [6.45, 7) is 3.74. The van der Waals surface area contributed by atoms with E-state index in [0.717, 1.165) is 11.1 Å². The van der Waals surface area contributed by atoms with Crippen LogP contribution in [0, 0.1) is 11.3 Å². The molecular weight excluding hydrogens is 396 g/mol. The van der Waals surface area contributed by atoms with Gasteiger partial charge in [0, 0.05) is 17.5 Å². The summed E-state index contributed by atoms with van der Waals surface area (Å²) in [7, 11) is -1.40. The van der Waals surface area contributed by atoms with Crippen LogP contribution >= 0.6 is 0 Å². The van der Waals surface area contributed by atoms with Crippen LogP contribution in [0.25, 0.3) is 11.1 Å². The van der Waals surface area contributed by atoms with E-state index in [1.807, 2.05) is 19.9 Å². The highest BCUT2D eigenvalue weighted by atomic mass is 16.5. The van der Waals surface area contributed by atoms with Crippen LogP contribution in [0.15, 0.2) is 30.3 Å². The van der Waals surface area contributed by atoms with Gasteiger partial charge in [0.05, 0.1) is 18.3 Å². The molecule has 164 valence electrons. The second kappa shape index (κ2) is 7.91. The topological polar surface area (TPSA) is 82.1 Å². The average molecular weight is 428 g/mol. The van der Waals surface area contributed by atoms with Crippen LogP contribution in [0.2, 0.25) is 0 Å². The number of ether oxygens (including phenoxy) is 3. The Morgan fingerprint density at radius 1 is 1.06 bits per heavy atom. The molecule has 4 rings (SSSR count). The van der Waals surface area contributed by atoms with Crippen LogP contribution in [0.3, 0.4) is 0 Å². The Morgan fingerprint density at radius 2 is 1.81 bits per heavy atom. The first-order chi connectivity index (χ1) is 16.0.